The summed E-state index contributed by atoms with van der Waals surface area (Å²) in [5, 5.41) is 4.10. The van der Waals surface area contributed by atoms with Crippen molar-refractivity contribution in [3.8, 4) is 22.6 Å². The molecule has 5 aromatic carbocycles. The number of allylic oxidation sites excluding steroid dienone is 7. The molecule has 54 heavy (non-hydrogen) atoms. The number of benzene rings is 5. The number of nitrogens with two attached hydrogens (primary N) is 2. The van der Waals surface area contributed by atoms with Gasteiger partial charge in [0, 0.05) is 28.4 Å². The monoisotopic (exact) mass is 711 g/mol. The molecule has 1 spiro atoms. The van der Waals surface area contributed by atoms with E-state index in [2.05, 4.69) is 121 Å². The van der Waals surface area contributed by atoms with E-state index in [1.807, 2.05) is 39.8 Å². The number of fused-ring (bicyclic) bond motifs is 12. The van der Waals surface area contributed by atoms with Gasteiger partial charge in [0.25, 0.3) is 0 Å². The van der Waals surface area contributed by atoms with Crippen LogP contribution in [0.5, 0.6) is 11.5 Å². The lowest BCUT2D eigenvalue weighted by molar-refractivity contribution is 0.436. The molecule has 2 heterocycles. The van der Waals surface area contributed by atoms with Crippen LogP contribution in [0.2, 0.25) is 0 Å². The van der Waals surface area contributed by atoms with Gasteiger partial charge in [-0.3, -0.25) is 0 Å². The summed E-state index contributed by atoms with van der Waals surface area (Å²) >= 11 is 0. The molecule has 0 saturated heterocycles. The normalized spacial score (nSPS) is 17.3. The first-order valence-corrected chi connectivity index (χ1v) is 19.9. The first-order chi connectivity index (χ1) is 26.6. The third-order valence-electron chi connectivity index (χ3n) is 10.9. The molecule has 10 rings (SSSR count). The summed E-state index contributed by atoms with van der Waals surface area (Å²) in [6, 6.07) is 39.0. The van der Waals surface area contributed by atoms with Gasteiger partial charge < -0.3 is 21.5 Å². The molecule has 4 heteroatoms. The second-order valence-electron chi connectivity index (χ2n) is 13.9. The van der Waals surface area contributed by atoms with E-state index in [0.717, 1.165) is 50.0 Å². The number of nitrogen functional groups attached to an aromatic ring is 2. The molecular weight excluding hydrogens is 659 g/mol. The van der Waals surface area contributed by atoms with Gasteiger partial charge in [-0.25, -0.2) is 0 Å². The van der Waals surface area contributed by atoms with Crippen molar-refractivity contribution in [2.45, 2.75) is 77.7 Å². The molecule has 1 unspecified atom stereocenters. The van der Waals surface area contributed by atoms with E-state index in [4.69, 9.17) is 16.2 Å². The van der Waals surface area contributed by atoms with Crippen molar-refractivity contribution in [1.29, 1.82) is 0 Å². The Morgan fingerprint density at radius 3 is 1.96 bits per heavy atom. The highest BCUT2D eigenvalue weighted by molar-refractivity contribution is 5.99. The minimum absolute atomic E-state index is 0.343. The van der Waals surface area contributed by atoms with Gasteiger partial charge in [0.15, 0.2) is 0 Å². The van der Waals surface area contributed by atoms with E-state index in [1.165, 1.54) is 55.8 Å². The highest BCUT2D eigenvalue weighted by Gasteiger charge is 2.53. The van der Waals surface area contributed by atoms with Gasteiger partial charge in [0.1, 0.15) is 11.5 Å². The van der Waals surface area contributed by atoms with Crippen molar-refractivity contribution in [3.05, 3.63) is 179 Å². The van der Waals surface area contributed by atoms with E-state index in [9.17, 15) is 0 Å². The van der Waals surface area contributed by atoms with Gasteiger partial charge in [-0.05, 0) is 108 Å². The van der Waals surface area contributed by atoms with E-state index in [1.54, 1.807) is 17.7 Å². The highest BCUT2D eigenvalue weighted by Crippen LogP contribution is 2.64. The molecule has 3 aliphatic carbocycles. The molecule has 2 aliphatic heterocycles. The quantitative estimate of drug-likeness (QED) is 0.159. The Kier molecular flexibility index (Phi) is 10.9. The van der Waals surface area contributed by atoms with Crippen LogP contribution in [-0.2, 0) is 11.8 Å². The molecule has 5 N–H and O–H groups in total. The van der Waals surface area contributed by atoms with Crippen molar-refractivity contribution in [2.24, 2.45) is 0 Å². The summed E-state index contributed by atoms with van der Waals surface area (Å²) in [6.45, 7) is 8.00. The van der Waals surface area contributed by atoms with Crippen LogP contribution in [0.3, 0.4) is 0 Å². The Morgan fingerprint density at radius 2 is 1.30 bits per heavy atom. The van der Waals surface area contributed by atoms with Gasteiger partial charge in [-0.1, -0.05) is 136 Å². The van der Waals surface area contributed by atoms with Crippen LogP contribution >= 0.6 is 0 Å². The van der Waals surface area contributed by atoms with Crippen molar-refractivity contribution in [2.75, 3.05) is 16.8 Å². The number of para-hydroxylation sites is 4. The van der Waals surface area contributed by atoms with Crippen molar-refractivity contribution >= 4 is 22.6 Å². The third kappa shape index (κ3) is 6.44. The van der Waals surface area contributed by atoms with Crippen LogP contribution in [0.25, 0.3) is 16.7 Å². The zero-order valence-electron chi connectivity index (χ0n) is 32.2. The topological polar surface area (TPSA) is 73.3 Å². The van der Waals surface area contributed by atoms with Crippen molar-refractivity contribution < 1.29 is 4.74 Å². The lowest BCUT2D eigenvalue weighted by Gasteiger charge is -2.40. The molecule has 0 amide bonds. The minimum atomic E-state index is -0.401. The van der Waals surface area contributed by atoms with Gasteiger partial charge in [-0.15, -0.1) is 0 Å². The fourth-order valence-corrected chi connectivity index (χ4v) is 8.75. The predicted molar refractivity (Wildman–Crippen MR) is 230 cm³/mol. The van der Waals surface area contributed by atoms with Gasteiger partial charge in [0.2, 0.25) is 0 Å². The number of ether oxygens (including phenoxy) is 1. The fourth-order valence-electron chi connectivity index (χ4n) is 8.75. The van der Waals surface area contributed by atoms with E-state index >= 15 is 0 Å². The van der Waals surface area contributed by atoms with Crippen LogP contribution in [0.1, 0.15) is 87.6 Å². The molecule has 4 nitrogen and oxygen atoms in total. The molecular formula is C50H53N3O. The van der Waals surface area contributed by atoms with Crippen LogP contribution in [0.4, 0.5) is 17.1 Å². The lowest BCUT2D eigenvalue weighted by Crippen LogP contribution is -2.32. The van der Waals surface area contributed by atoms with Gasteiger partial charge >= 0.3 is 0 Å². The highest BCUT2D eigenvalue weighted by atomic mass is 16.5. The Labute approximate surface area is 322 Å². The van der Waals surface area contributed by atoms with Crippen LogP contribution in [0, 0.1) is 0 Å². The Morgan fingerprint density at radius 1 is 0.667 bits per heavy atom. The van der Waals surface area contributed by atoms with E-state index in [-0.39, 0.29) is 0 Å². The number of hydrogen-bond acceptors (Lipinski definition) is 4. The number of hydrogen-bond donors (Lipinski definition) is 3. The molecule has 5 aliphatic rings. The third-order valence-corrected chi connectivity index (χ3v) is 10.9. The molecule has 0 saturated carbocycles. The summed E-state index contributed by atoms with van der Waals surface area (Å²) in [7, 11) is 0. The Bertz CT molecular complexity index is 2210. The maximum absolute atomic E-state index is 6.57. The van der Waals surface area contributed by atoms with E-state index < -0.39 is 5.41 Å². The second kappa shape index (κ2) is 16.1. The average molecular weight is 712 g/mol. The van der Waals surface area contributed by atoms with Crippen LogP contribution < -0.4 is 21.5 Å². The maximum Gasteiger partial charge on any atom is 0.132 e. The number of anilines is 3. The number of rotatable bonds is 2. The Balaban J connectivity index is 0.000000328. The van der Waals surface area contributed by atoms with Crippen LogP contribution in [0.15, 0.2) is 151 Å². The second-order valence-corrected chi connectivity index (χ2v) is 13.9. The molecule has 0 bridgehead atoms. The summed E-state index contributed by atoms with van der Waals surface area (Å²) in [4.78, 5) is 0. The van der Waals surface area contributed by atoms with Crippen molar-refractivity contribution in [3.63, 3.8) is 0 Å². The maximum atomic E-state index is 6.57. The average Bonchev–Trinajstić information content (AvgIpc) is 3.40. The van der Waals surface area contributed by atoms with Crippen LogP contribution in [-0.4, -0.2) is 6.04 Å². The van der Waals surface area contributed by atoms with Gasteiger partial charge in [0.05, 0.1) is 16.8 Å². The Hall–Kier alpha value is -5.74. The molecule has 274 valence electrons. The molecule has 5 aromatic rings. The first kappa shape index (κ1) is 36.6. The first-order valence-electron chi connectivity index (χ1n) is 19.9. The minimum Gasteiger partial charge on any atom is -0.457 e. The summed E-state index contributed by atoms with van der Waals surface area (Å²) < 4.78 is 6.57. The van der Waals surface area contributed by atoms with E-state index in [0.29, 0.717) is 17.4 Å². The molecule has 0 fully saturated rings. The summed E-state index contributed by atoms with van der Waals surface area (Å²) in [6.07, 6.45) is 18.4. The summed E-state index contributed by atoms with van der Waals surface area (Å²) in [5.74, 6) is 1.91. The lowest BCUT2D eigenvalue weighted by atomic mass is 9.65. The molecule has 0 radical (unpaired) electrons. The largest absolute Gasteiger partial charge is 0.457 e. The zero-order valence-corrected chi connectivity index (χ0v) is 32.2. The fraction of sp³-hybridized carbons (Fsp3) is 0.240. The van der Waals surface area contributed by atoms with Gasteiger partial charge in [-0.2, -0.15) is 0 Å². The van der Waals surface area contributed by atoms with Crippen molar-refractivity contribution in [1.82, 2.24) is 0 Å². The standard InChI is InChI=1S/C40H33NO.C6H8N2.2C2H6/c1-2-12-26(13-3-1)22-28-23-27-14-4-5-15-29(27)32-24-31-30-16-6-7-17-33(30)40(36(31)25-37(32)41-28)34-18-8-10-20-38(34)42-39-21-11-9-19-35(39)40;7-5-3-1-2-4-6(5)8;2*1-2/h1-2,4-5,8-12,14-21,24-25,28,41H,3,6-7,13,22-23H2;1-4H,7-8H2;2*1-2H3. The SMILES string of the molecule is C1=CCCC(CC2Cc3ccccc3-c3cc4c(cc3N2)C2(C3=CCCC=C34)c3ccccc3Oc3ccccc32)=C1.CC.CC.Nc1ccccc1N. The molecule has 1 atom stereocenters. The molecule has 0 aromatic heterocycles. The zero-order chi connectivity index (χ0) is 37.7. The summed E-state index contributed by atoms with van der Waals surface area (Å²) in [5.41, 5.74) is 26.6. The predicted octanol–water partition coefficient (Wildman–Crippen LogP) is 12.8. The number of nitrogens with one attached hydrogen (secondary N) is 1. The smallest absolute Gasteiger partial charge is 0.132 e.